The molecule has 3 nitrogen and oxygen atoms in total. The Morgan fingerprint density at radius 1 is 1.41 bits per heavy atom. The highest BCUT2D eigenvalue weighted by molar-refractivity contribution is 9.09. The Labute approximate surface area is 118 Å². The maximum absolute atomic E-state index is 12.0. The van der Waals surface area contributed by atoms with Crippen LogP contribution in [0.5, 0.6) is 5.75 Å². The van der Waals surface area contributed by atoms with Crippen LogP contribution in [0.4, 0.5) is 0 Å². The van der Waals surface area contributed by atoms with Gasteiger partial charge in [0.1, 0.15) is 5.75 Å². The maximum atomic E-state index is 12.0. The minimum atomic E-state index is -0.330. The van der Waals surface area contributed by atoms with Crippen LogP contribution >= 0.6 is 31.9 Å². The maximum Gasteiger partial charge on any atom is 0.251 e. The van der Waals surface area contributed by atoms with Crippen LogP contribution in [0.25, 0.3) is 0 Å². The molecule has 1 aromatic rings. The van der Waals surface area contributed by atoms with Gasteiger partial charge in [0, 0.05) is 16.2 Å². The molecule has 0 saturated carbocycles. The lowest BCUT2D eigenvalue weighted by Crippen LogP contribution is -2.48. The van der Waals surface area contributed by atoms with E-state index in [1.165, 1.54) is 6.07 Å². The van der Waals surface area contributed by atoms with Crippen LogP contribution in [0.15, 0.2) is 18.2 Å². The van der Waals surface area contributed by atoms with E-state index in [0.717, 1.165) is 0 Å². The number of nitrogens with one attached hydrogen (secondary N) is 1. The Hall–Kier alpha value is -0.550. The standard InChI is InChI=1S/C12H15Br2NO2/c1-8-5-9(3-4-10(8)16)11(17)15-12(2,6-13)7-14/h3-5,16H,6-7H2,1-2H3,(H,15,17). The van der Waals surface area contributed by atoms with Gasteiger partial charge < -0.3 is 10.4 Å². The summed E-state index contributed by atoms with van der Waals surface area (Å²) in [5.74, 6) is 0.0554. The predicted molar refractivity (Wildman–Crippen MR) is 76.3 cm³/mol. The van der Waals surface area contributed by atoms with Crippen LogP contribution in [0.3, 0.4) is 0 Å². The first-order chi connectivity index (χ1) is 7.91. The average molecular weight is 365 g/mol. The fourth-order valence-corrected chi connectivity index (χ4v) is 2.45. The number of phenolic OH excluding ortho intramolecular Hbond substituents is 1. The van der Waals surface area contributed by atoms with Gasteiger partial charge in [-0.1, -0.05) is 31.9 Å². The molecule has 0 aromatic heterocycles. The molecule has 0 aliphatic carbocycles. The van der Waals surface area contributed by atoms with Crippen LogP contribution in [0.2, 0.25) is 0 Å². The van der Waals surface area contributed by atoms with Gasteiger partial charge in [0.25, 0.3) is 5.91 Å². The SMILES string of the molecule is Cc1cc(C(=O)NC(C)(CBr)CBr)ccc1O. The highest BCUT2D eigenvalue weighted by Crippen LogP contribution is 2.18. The number of benzene rings is 1. The number of hydrogen-bond donors (Lipinski definition) is 2. The highest BCUT2D eigenvalue weighted by atomic mass is 79.9. The monoisotopic (exact) mass is 363 g/mol. The second-order valence-corrected chi connectivity index (χ2v) is 5.40. The molecule has 94 valence electrons. The molecule has 0 radical (unpaired) electrons. The van der Waals surface area contributed by atoms with E-state index < -0.39 is 0 Å². The number of rotatable bonds is 4. The zero-order valence-corrected chi connectivity index (χ0v) is 12.9. The molecule has 0 spiro atoms. The number of aryl methyl sites for hydroxylation is 1. The summed E-state index contributed by atoms with van der Waals surface area (Å²) in [6.07, 6.45) is 0. The lowest BCUT2D eigenvalue weighted by Gasteiger charge is -2.26. The molecule has 0 atom stereocenters. The van der Waals surface area contributed by atoms with Crippen molar-refractivity contribution < 1.29 is 9.90 Å². The normalized spacial score (nSPS) is 11.3. The number of carbonyl (C=O) groups is 1. The summed E-state index contributed by atoms with van der Waals surface area (Å²) in [6, 6.07) is 4.82. The van der Waals surface area contributed by atoms with Crippen LogP contribution in [-0.4, -0.2) is 27.2 Å². The fraction of sp³-hybridized carbons (Fsp3) is 0.417. The molecule has 0 heterocycles. The van der Waals surface area contributed by atoms with Crippen molar-refractivity contribution in [2.45, 2.75) is 19.4 Å². The molecular weight excluding hydrogens is 350 g/mol. The number of carbonyl (C=O) groups excluding carboxylic acids is 1. The lowest BCUT2D eigenvalue weighted by atomic mass is 10.1. The van der Waals surface area contributed by atoms with Gasteiger partial charge in [0.15, 0.2) is 0 Å². The van der Waals surface area contributed by atoms with Crippen molar-refractivity contribution in [3.05, 3.63) is 29.3 Å². The van der Waals surface area contributed by atoms with Gasteiger partial charge >= 0.3 is 0 Å². The topological polar surface area (TPSA) is 49.3 Å². The summed E-state index contributed by atoms with van der Waals surface area (Å²) in [5, 5.41) is 13.7. The van der Waals surface area contributed by atoms with E-state index in [2.05, 4.69) is 37.2 Å². The van der Waals surface area contributed by atoms with E-state index in [4.69, 9.17) is 0 Å². The minimum absolute atomic E-state index is 0.144. The smallest absolute Gasteiger partial charge is 0.251 e. The zero-order valence-electron chi connectivity index (χ0n) is 9.76. The van der Waals surface area contributed by atoms with Crippen molar-refractivity contribution in [1.82, 2.24) is 5.32 Å². The van der Waals surface area contributed by atoms with Gasteiger partial charge in [-0.25, -0.2) is 0 Å². The second kappa shape index (κ2) is 5.87. The summed E-state index contributed by atoms with van der Waals surface area (Å²) < 4.78 is 0. The first-order valence-corrected chi connectivity index (χ1v) is 7.40. The summed E-state index contributed by atoms with van der Waals surface area (Å²) >= 11 is 6.75. The molecule has 17 heavy (non-hydrogen) atoms. The third kappa shape index (κ3) is 3.71. The van der Waals surface area contributed by atoms with Crippen molar-refractivity contribution in [1.29, 1.82) is 0 Å². The highest BCUT2D eigenvalue weighted by Gasteiger charge is 2.24. The first-order valence-electron chi connectivity index (χ1n) is 5.16. The average Bonchev–Trinajstić information content (AvgIpc) is 2.32. The number of aromatic hydroxyl groups is 1. The number of hydrogen-bond acceptors (Lipinski definition) is 2. The van der Waals surface area contributed by atoms with Gasteiger partial charge in [-0.05, 0) is 37.6 Å². The van der Waals surface area contributed by atoms with Crippen molar-refractivity contribution >= 4 is 37.8 Å². The molecule has 0 unspecified atom stereocenters. The van der Waals surface area contributed by atoms with E-state index >= 15 is 0 Å². The number of alkyl halides is 2. The van der Waals surface area contributed by atoms with E-state index in [0.29, 0.717) is 21.8 Å². The largest absolute Gasteiger partial charge is 0.508 e. The molecule has 0 saturated heterocycles. The van der Waals surface area contributed by atoms with Crippen LogP contribution in [-0.2, 0) is 0 Å². The van der Waals surface area contributed by atoms with Gasteiger partial charge in [-0.3, -0.25) is 4.79 Å². The van der Waals surface area contributed by atoms with Gasteiger partial charge in [-0.2, -0.15) is 0 Å². The molecule has 5 heteroatoms. The summed E-state index contributed by atoms with van der Waals surface area (Å²) in [5.41, 5.74) is 0.911. The van der Waals surface area contributed by atoms with Crippen molar-refractivity contribution in [2.75, 3.05) is 10.7 Å². The molecule has 0 fully saturated rings. The molecular formula is C12H15Br2NO2. The quantitative estimate of drug-likeness (QED) is 0.807. The van der Waals surface area contributed by atoms with Gasteiger partial charge in [-0.15, -0.1) is 0 Å². The molecule has 1 rings (SSSR count). The molecule has 1 aromatic carbocycles. The number of phenols is 1. The van der Waals surface area contributed by atoms with Crippen molar-refractivity contribution in [3.8, 4) is 5.75 Å². The fourth-order valence-electron chi connectivity index (χ4n) is 1.25. The van der Waals surface area contributed by atoms with E-state index in [9.17, 15) is 9.90 Å². The van der Waals surface area contributed by atoms with Gasteiger partial charge in [0.05, 0.1) is 5.54 Å². The van der Waals surface area contributed by atoms with Crippen molar-refractivity contribution in [2.24, 2.45) is 0 Å². The Kier molecular flexibility index (Phi) is 5.01. The van der Waals surface area contributed by atoms with Crippen LogP contribution in [0, 0.1) is 6.92 Å². The number of halogens is 2. The molecule has 2 N–H and O–H groups in total. The zero-order chi connectivity index (χ0) is 13.1. The summed E-state index contributed by atoms with van der Waals surface area (Å²) in [7, 11) is 0. The summed E-state index contributed by atoms with van der Waals surface area (Å²) in [6.45, 7) is 3.71. The van der Waals surface area contributed by atoms with Crippen molar-refractivity contribution in [3.63, 3.8) is 0 Å². The molecule has 0 aliphatic heterocycles. The second-order valence-electron chi connectivity index (χ2n) is 4.28. The van der Waals surface area contributed by atoms with Crippen LogP contribution < -0.4 is 5.32 Å². The van der Waals surface area contributed by atoms with E-state index in [1.54, 1.807) is 19.1 Å². The Morgan fingerprint density at radius 3 is 2.47 bits per heavy atom. The van der Waals surface area contributed by atoms with Crippen LogP contribution in [0.1, 0.15) is 22.8 Å². The third-order valence-corrected chi connectivity index (χ3v) is 4.94. The van der Waals surface area contributed by atoms with E-state index in [-0.39, 0.29) is 17.2 Å². The lowest BCUT2D eigenvalue weighted by molar-refractivity contribution is 0.0923. The molecule has 0 bridgehead atoms. The minimum Gasteiger partial charge on any atom is -0.508 e. The predicted octanol–water partition coefficient (Wildman–Crippen LogP) is 2.98. The molecule has 1 amide bonds. The Balaban J connectivity index is 2.86. The van der Waals surface area contributed by atoms with Gasteiger partial charge in [0.2, 0.25) is 0 Å². The Morgan fingerprint density at radius 2 is 2.00 bits per heavy atom. The Bertz CT molecular complexity index is 417. The van der Waals surface area contributed by atoms with E-state index in [1.807, 2.05) is 6.92 Å². The third-order valence-electron chi connectivity index (χ3n) is 2.46. The summed E-state index contributed by atoms with van der Waals surface area (Å²) in [4.78, 5) is 12.0. The molecule has 0 aliphatic rings. The first kappa shape index (κ1) is 14.5. The number of amides is 1.